The molecule has 0 atom stereocenters. The second-order valence-corrected chi connectivity index (χ2v) is 5.06. The van der Waals surface area contributed by atoms with Gasteiger partial charge < -0.3 is 5.73 Å². The zero-order valence-corrected chi connectivity index (χ0v) is 11.7. The zero-order chi connectivity index (χ0) is 13.5. The van der Waals surface area contributed by atoms with Crippen molar-refractivity contribution in [3.05, 3.63) is 59.7 Å². The summed E-state index contributed by atoms with van der Waals surface area (Å²) in [4.78, 5) is 0. The number of hydrogen-bond donors (Lipinski definition) is 1. The molecule has 0 radical (unpaired) electrons. The van der Waals surface area contributed by atoms with E-state index in [1.54, 1.807) is 0 Å². The van der Waals surface area contributed by atoms with E-state index in [4.69, 9.17) is 5.73 Å². The largest absolute Gasteiger partial charge is 0.326 e. The lowest BCUT2D eigenvalue weighted by Crippen LogP contribution is -1.95. The molecule has 0 saturated carbocycles. The van der Waals surface area contributed by atoms with Gasteiger partial charge in [-0.1, -0.05) is 68.3 Å². The normalized spacial score (nSPS) is 10.6. The van der Waals surface area contributed by atoms with Gasteiger partial charge in [-0.2, -0.15) is 0 Å². The number of unbranched alkanes of at least 4 members (excludes halogenated alkanes) is 2. The van der Waals surface area contributed by atoms with Crippen LogP contribution in [0.2, 0.25) is 0 Å². The molecular weight excluding hydrogens is 230 g/mol. The van der Waals surface area contributed by atoms with Crippen LogP contribution < -0.4 is 5.73 Å². The summed E-state index contributed by atoms with van der Waals surface area (Å²) in [5, 5.41) is 0. The van der Waals surface area contributed by atoms with Gasteiger partial charge in [-0.3, -0.25) is 0 Å². The molecule has 0 amide bonds. The van der Waals surface area contributed by atoms with Gasteiger partial charge in [-0.05, 0) is 35.1 Å². The molecule has 2 rings (SSSR count). The van der Waals surface area contributed by atoms with Gasteiger partial charge in [0.25, 0.3) is 0 Å². The van der Waals surface area contributed by atoms with E-state index >= 15 is 0 Å². The molecule has 2 aromatic carbocycles. The van der Waals surface area contributed by atoms with Crippen LogP contribution in [0, 0.1) is 0 Å². The molecule has 0 heterocycles. The van der Waals surface area contributed by atoms with Gasteiger partial charge in [0, 0.05) is 6.54 Å². The number of hydrogen-bond acceptors (Lipinski definition) is 1. The maximum absolute atomic E-state index is 5.62. The van der Waals surface area contributed by atoms with E-state index < -0.39 is 0 Å². The summed E-state index contributed by atoms with van der Waals surface area (Å²) >= 11 is 0. The van der Waals surface area contributed by atoms with Gasteiger partial charge in [-0.25, -0.2) is 0 Å². The van der Waals surface area contributed by atoms with Gasteiger partial charge in [0.15, 0.2) is 0 Å². The molecule has 0 fully saturated rings. The Kier molecular flexibility index (Phi) is 5.17. The zero-order valence-electron chi connectivity index (χ0n) is 11.7. The van der Waals surface area contributed by atoms with Crippen molar-refractivity contribution in [1.82, 2.24) is 0 Å². The van der Waals surface area contributed by atoms with Crippen molar-refractivity contribution in [1.29, 1.82) is 0 Å². The van der Waals surface area contributed by atoms with Crippen molar-refractivity contribution in [3.63, 3.8) is 0 Å². The third-order valence-electron chi connectivity index (χ3n) is 3.55. The Balaban J connectivity index is 2.04. The van der Waals surface area contributed by atoms with Crippen molar-refractivity contribution in [2.45, 2.75) is 39.2 Å². The lowest BCUT2D eigenvalue weighted by molar-refractivity contribution is 0.717. The lowest BCUT2D eigenvalue weighted by Gasteiger charge is -2.05. The van der Waals surface area contributed by atoms with Crippen LogP contribution in [0.15, 0.2) is 48.5 Å². The Morgan fingerprint density at radius 3 is 1.74 bits per heavy atom. The maximum atomic E-state index is 5.62. The van der Waals surface area contributed by atoms with Crippen LogP contribution in [0.3, 0.4) is 0 Å². The molecule has 0 saturated heterocycles. The van der Waals surface area contributed by atoms with Crippen LogP contribution in [0.5, 0.6) is 0 Å². The summed E-state index contributed by atoms with van der Waals surface area (Å²) in [5.74, 6) is 0. The fourth-order valence-corrected chi connectivity index (χ4v) is 2.28. The molecule has 1 nitrogen and oxygen atoms in total. The molecule has 0 unspecified atom stereocenters. The smallest absolute Gasteiger partial charge is 0.0178 e. The molecule has 19 heavy (non-hydrogen) atoms. The molecule has 0 bridgehead atoms. The summed E-state index contributed by atoms with van der Waals surface area (Å²) < 4.78 is 0. The van der Waals surface area contributed by atoms with Gasteiger partial charge in [0.05, 0.1) is 0 Å². The SMILES string of the molecule is CCCCCc1ccc(-c2ccc(CN)cc2)cc1. The molecule has 1 heteroatoms. The van der Waals surface area contributed by atoms with E-state index in [2.05, 4.69) is 55.5 Å². The van der Waals surface area contributed by atoms with Crippen molar-refractivity contribution in [2.75, 3.05) is 0 Å². The number of nitrogens with two attached hydrogens (primary N) is 1. The average Bonchev–Trinajstić information content (AvgIpc) is 2.48. The molecular formula is C18H23N. The van der Waals surface area contributed by atoms with Crippen LogP contribution in [-0.4, -0.2) is 0 Å². The number of rotatable bonds is 6. The first-order valence-electron chi connectivity index (χ1n) is 7.22. The van der Waals surface area contributed by atoms with Gasteiger partial charge in [-0.15, -0.1) is 0 Å². The van der Waals surface area contributed by atoms with Crippen molar-refractivity contribution < 1.29 is 0 Å². The second-order valence-electron chi connectivity index (χ2n) is 5.06. The molecule has 2 aromatic rings. The van der Waals surface area contributed by atoms with Crippen LogP contribution in [0.1, 0.15) is 37.3 Å². The summed E-state index contributed by atoms with van der Waals surface area (Å²) in [7, 11) is 0. The van der Waals surface area contributed by atoms with E-state index in [1.807, 2.05) is 0 Å². The molecule has 0 aliphatic heterocycles. The molecule has 100 valence electrons. The highest BCUT2D eigenvalue weighted by atomic mass is 14.5. The Morgan fingerprint density at radius 2 is 1.26 bits per heavy atom. The second kappa shape index (κ2) is 7.10. The van der Waals surface area contributed by atoms with Gasteiger partial charge in [0.2, 0.25) is 0 Å². The monoisotopic (exact) mass is 253 g/mol. The minimum absolute atomic E-state index is 0.608. The summed E-state index contributed by atoms with van der Waals surface area (Å²) in [6, 6.07) is 17.4. The van der Waals surface area contributed by atoms with E-state index in [1.165, 1.54) is 47.9 Å². The first-order valence-corrected chi connectivity index (χ1v) is 7.22. The minimum atomic E-state index is 0.608. The van der Waals surface area contributed by atoms with E-state index in [9.17, 15) is 0 Å². The van der Waals surface area contributed by atoms with Crippen LogP contribution >= 0.6 is 0 Å². The third-order valence-corrected chi connectivity index (χ3v) is 3.55. The van der Waals surface area contributed by atoms with E-state index in [-0.39, 0.29) is 0 Å². The highest BCUT2D eigenvalue weighted by Crippen LogP contribution is 2.21. The van der Waals surface area contributed by atoms with Crippen LogP contribution in [-0.2, 0) is 13.0 Å². The first kappa shape index (κ1) is 13.8. The molecule has 0 spiro atoms. The highest BCUT2D eigenvalue weighted by molar-refractivity contribution is 5.63. The Morgan fingerprint density at radius 1 is 0.737 bits per heavy atom. The van der Waals surface area contributed by atoms with Crippen molar-refractivity contribution in [2.24, 2.45) is 5.73 Å². The molecule has 2 N–H and O–H groups in total. The van der Waals surface area contributed by atoms with E-state index in [0.717, 1.165) is 0 Å². The average molecular weight is 253 g/mol. The van der Waals surface area contributed by atoms with Crippen LogP contribution in [0.4, 0.5) is 0 Å². The predicted octanol–water partition coefficient (Wildman–Crippen LogP) is 4.55. The van der Waals surface area contributed by atoms with E-state index in [0.29, 0.717) is 6.54 Å². The van der Waals surface area contributed by atoms with Gasteiger partial charge >= 0.3 is 0 Å². The minimum Gasteiger partial charge on any atom is -0.326 e. The quantitative estimate of drug-likeness (QED) is 0.751. The fourth-order valence-electron chi connectivity index (χ4n) is 2.28. The number of benzene rings is 2. The lowest BCUT2D eigenvalue weighted by atomic mass is 10.0. The topological polar surface area (TPSA) is 26.0 Å². The molecule has 0 aliphatic rings. The standard InChI is InChI=1S/C18H23N/c1-2-3-4-5-15-6-10-17(11-7-15)18-12-8-16(14-19)9-13-18/h6-13H,2-5,14,19H2,1H3. The van der Waals surface area contributed by atoms with Crippen molar-refractivity contribution >= 4 is 0 Å². The predicted molar refractivity (Wildman–Crippen MR) is 83.0 cm³/mol. The first-order chi connectivity index (χ1) is 9.33. The summed E-state index contributed by atoms with van der Waals surface area (Å²) in [5.41, 5.74) is 10.8. The third kappa shape index (κ3) is 3.93. The maximum Gasteiger partial charge on any atom is 0.0178 e. The van der Waals surface area contributed by atoms with Crippen LogP contribution in [0.25, 0.3) is 11.1 Å². The number of aryl methyl sites for hydroxylation is 1. The highest BCUT2D eigenvalue weighted by Gasteiger charge is 1.99. The van der Waals surface area contributed by atoms with Crippen molar-refractivity contribution in [3.8, 4) is 11.1 Å². The fraction of sp³-hybridized carbons (Fsp3) is 0.333. The molecule has 0 aromatic heterocycles. The Bertz CT molecular complexity index is 482. The molecule has 0 aliphatic carbocycles. The summed E-state index contributed by atoms with van der Waals surface area (Å²) in [6.07, 6.45) is 5.09. The van der Waals surface area contributed by atoms with Gasteiger partial charge in [0.1, 0.15) is 0 Å². The Hall–Kier alpha value is -1.60. The summed E-state index contributed by atoms with van der Waals surface area (Å²) in [6.45, 7) is 2.85. The Labute approximate surface area is 116 Å².